The fourth-order valence-corrected chi connectivity index (χ4v) is 5.42. The van der Waals surface area contributed by atoms with Gasteiger partial charge in [0, 0.05) is 40.7 Å². The van der Waals surface area contributed by atoms with Gasteiger partial charge < -0.3 is 24.4 Å². The number of allylic oxidation sites excluding steroid dienone is 4. The van der Waals surface area contributed by atoms with Gasteiger partial charge in [0.2, 0.25) is 0 Å². The number of fused-ring (bicyclic) bond motifs is 8. The molecule has 0 saturated heterocycles. The first kappa shape index (κ1) is 18.7. The Morgan fingerprint density at radius 1 is 0.800 bits per heavy atom. The van der Waals surface area contributed by atoms with Crippen LogP contribution in [0.25, 0.3) is 49.5 Å². The average molecular weight is 456 g/mol. The molecule has 0 amide bonds. The molecule has 5 heterocycles. The number of nitrogens with one attached hydrogen (secondary N) is 2. The Kier molecular flexibility index (Phi) is 3.71. The van der Waals surface area contributed by atoms with Crippen LogP contribution < -0.4 is 10.6 Å². The molecule has 1 unspecified atom stereocenters. The highest BCUT2D eigenvalue weighted by atomic mass is 16.3. The first-order valence-electron chi connectivity index (χ1n) is 11.9. The van der Waals surface area contributed by atoms with Crippen molar-refractivity contribution in [3.63, 3.8) is 0 Å². The molecule has 3 aliphatic rings. The number of furan rings is 2. The maximum atomic E-state index is 6.44. The molecule has 5 nitrogen and oxygen atoms in total. The molecule has 0 radical (unpaired) electrons. The summed E-state index contributed by atoms with van der Waals surface area (Å²) in [5.41, 5.74) is 7.96. The van der Waals surface area contributed by atoms with Gasteiger partial charge in [-0.05, 0) is 42.0 Å². The largest absolute Gasteiger partial charge is 0.455 e. The van der Waals surface area contributed by atoms with Crippen LogP contribution in [0.1, 0.15) is 5.56 Å². The van der Waals surface area contributed by atoms with Gasteiger partial charge in [-0.15, -0.1) is 0 Å². The SMILES string of the molecule is C1=CC2NC(C3=CC=C(c4cc5c6ccccc6oc5c5c4oc4ccccc45)CN3)=CN2C=C1. The highest BCUT2D eigenvalue weighted by molar-refractivity contribution is 6.24. The summed E-state index contributed by atoms with van der Waals surface area (Å²) in [6.07, 6.45) is 15.0. The molecule has 0 saturated carbocycles. The summed E-state index contributed by atoms with van der Waals surface area (Å²) >= 11 is 0. The van der Waals surface area contributed by atoms with Gasteiger partial charge in [0.1, 0.15) is 28.5 Å². The van der Waals surface area contributed by atoms with Crippen LogP contribution >= 0.6 is 0 Å². The second-order valence-corrected chi connectivity index (χ2v) is 9.13. The van der Waals surface area contributed by atoms with E-state index in [2.05, 4.69) is 82.6 Å². The van der Waals surface area contributed by atoms with Crippen LogP contribution in [0.15, 0.2) is 118 Å². The normalized spacial score (nSPS) is 19.1. The van der Waals surface area contributed by atoms with Gasteiger partial charge >= 0.3 is 0 Å². The van der Waals surface area contributed by atoms with Crippen LogP contribution in [0.5, 0.6) is 0 Å². The molecule has 3 aliphatic heterocycles. The van der Waals surface area contributed by atoms with E-state index < -0.39 is 0 Å². The topological polar surface area (TPSA) is 53.6 Å². The molecule has 0 aliphatic carbocycles. The van der Waals surface area contributed by atoms with Crippen molar-refractivity contribution in [3.8, 4) is 0 Å². The van der Waals surface area contributed by atoms with E-state index in [1.165, 1.54) is 5.57 Å². The number of hydrogen-bond donors (Lipinski definition) is 2. The summed E-state index contributed by atoms with van der Waals surface area (Å²) in [7, 11) is 0. The van der Waals surface area contributed by atoms with Gasteiger partial charge in [-0.25, -0.2) is 0 Å². The Labute approximate surface area is 201 Å². The van der Waals surface area contributed by atoms with Crippen molar-refractivity contribution in [2.24, 2.45) is 0 Å². The third-order valence-electron chi connectivity index (χ3n) is 7.11. The molecule has 5 aromatic rings. The molecular formula is C30H21N3O2. The number of hydrogen-bond acceptors (Lipinski definition) is 5. The van der Waals surface area contributed by atoms with Crippen LogP contribution in [0, 0.1) is 0 Å². The lowest BCUT2D eigenvalue weighted by atomic mass is 9.97. The Morgan fingerprint density at radius 2 is 1.60 bits per heavy atom. The van der Waals surface area contributed by atoms with Crippen molar-refractivity contribution in [2.75, 3.05) is 6.54 Å². The predicted octanol–water partition coefficient (Wildman–Crippen LogP) is 6.51. The van der Waals surface area contributed by atoms with Gasteiger partial charge in [0.25, 0.3) is 0 Å². The van der Waals surface area contributed by atoms with Gasteiger partial charge in [-0.1, -0.05) is 48.6 Å². The Hall–Kier alpha value is -4.64. The number of nitrogens with zero attached hydrogens (tertiary/aromatic N) is 1. The van der Waals surface area contributed by atoms with E-state index in [-0.39, 0.29) is 6.17 Å². The second kappa shape index (κ2) is 6.93. The van der Waals surface area contributed by atoms with Crippen molar-refractivity contribution in [3.05, 3.63) is 114 Å². The summed E-state index contributed by atoms with van der Waals surface area (Å²) in [5, 5.41) is 11.5. The molecule has 0 spiro atoms. The highest BCUT2D eigenvalue weighted by Crippen LogP contribution is 2.43. The standard InChI is InChI=1S/C30H21N3O2/c1-3-9-25-19(7-1)22-15-21(29-28(30(22)34-25)20-8-2-4-10-26(20)35-29)18-12-13-23(31-16-18)24-17-33-14-6-5-11-27(33)32-24/h1-15,17,27,31-32H,16H2. The fourth-order valence-electron chi connectivity index (χ4n) is 5.42. The van der Waals surface area contributed by atoms with E-state index in [4.69, 9.17) is 8.83 Å². The van der Waals surface area contributed by atoms with E-state index in [0.717, 1.165) is 60.8 Å². The molecule has 2 N–H and O–H groups in total. The first-order chi connectivity index (χ1) is 17.3. The summed E-state index contributed by atoms with van der Waals surface area (Å²) in [6.45, 7) is 0.703. The van der Waals surface area contributed by atoms with Crippen LogP contribution in [-0.2, 0) is 0 Å². The van der Waals surface area contributed by atoms with Crippen molar-refractivity contribution in [2.45, 2.75) is 6.17 Å². The van der Waals surface area contributed by atoms with E-state index in [1.807, 2.05) is 30.3 Å². The zero-order chi connectivity index (χ0) is 22.9. The minimum atomic E-state index is 0.176. The molecule has 2 aromatic heterocycles. The average Bonchev–Trinajstić information content (AvgIpc) is 3.61. The maximum Gasteiger partial charge on any atom is 0.147 e. The molecule has 1 atom stereocenters. The van der Waals surface area contributed by atoms with Gasteiger partial charge in [0.05, 0.1) is 16.8 Å². The Bertz CT molecular complexity index is 1840. The smallest absolute Gasteiger partial charge is 0.147 e. The van der Waals surface area contributed by atoms with E-state index in [9.17, 15) is 0 Å². The molecule has 3 aromatic carbocycles. The van der Waals surface area contributed by atoms with Crippen molar-refractivity contribution in [1.82, 2.24) is 15.5 Å². The van der Waals surface area contributed by atoms with E-state index in [0.29, 0.717) is 6.54 Å². The monoisotopic (exact) mass is 455 g/mol. The lowest BCUT2D eigenvalue weighted by molar-refractivity contribution is 0.424. The van der Waals surface area contributed by atoms with Gasteiger partial charge in [-0.3, -0.25) is 0 Å². The number of benzene rings is 3. The molecule has 5 heteroatoms. The molecule has 168 valence electrons. The quantitative estimate of drug-likeness (QED) is 0.318. The van der Waals surface area contributed by atoms with Gasteiger partial charge in [-0.2, -0.15) is 0 Å². The first-order valence-corrected chi connectivity index (χ1v) is 11.9. The Morgan fingerprint density at radius 3 is 2.43 bits per heavy atom. The zero-order valence-electron chi connectivity index (χ0n) is 18.8. The Balaban J connectivity index is 1.32. The van der Waals surface area contributed by atoms with Crippen LogP contribution in [0.2, 0.25) is 0 Å². The fraction of sp³-hybridized carbons (Fsp3) is 0.0667. The van der Waals surface area contributed by atoms with Crippen molar-refractivity contribution in [1.29, 1.82) is 0 Å². The van der Waals surface area contributed by atoms with Crippen LogP contribution in [0.4, 0.5) is 0 Å². The molecular weight excluding hydrogens is 434 g/mol. The number of dihydropyridines is 1. The van der Waals surface area contributed by atoms with Crippen LogP contribution in [-0.4, -0.2) is 17.6 Å². The summed E-state index contributed by atoms with van der Waals surface area (Å²) in [4.78, 5) is 2.17. The van der Waals surface area contributed by atoms with Gasteiger partial charge in [0.15, 0.2) is 0 Å². The lowest BCUT2D eigenvalue weighted by Crippen LogP contribution is -2.33. The predicted molar refractivity (Wildman–Crippen MR) is 140 cm³/mol. The molecule has 0 fully saturated rings. The highest BCUT2D eigenvalue weighted by Gasteiger charge is 2.25. The molecule has 0 bridgehead atoms. The minimum absolute atomic E-state index is 0.176. The van der Waals surface area contributed by atoms with Crippen LogP contribution in [0.3, 0.4) is 0 Å². The third-order valence-corrected chi connectivity index (χ3v) is 7.11. The summed E-state index contributed by atoms with van der Waals surface area (Å²) in [5.74, 6) is 0. The molecule has 8 rings (SSSR count). The number of rotatable bonds is 2. The van der Waals surface area contributed by atoms with E-state index >= 15 is 0 Å². The zero-order valence-corrected chi connectivity index (χ0v) is 18.8. The van der Waals surface area contributed by atoms with Crippen molar-refractivity contribution >= 4 is 49.5 Å². The lowest BCUT2D eigenvalue weighted by Gasteiger charge is -2.22. The second-order valence-electron chi connectivity index (χ2n) is 9.13. The molecule has 35 heavy (non-hydrogen) atoms. The maximum absolute atomic E-state index is 6.44. The van der Waals surface area contributed by atoms with E-state index in [1.54, 1.807) is 0 Å². The van der Waals surface area contributed by atoms with Crippen molar-refractivity contribution < 1.29 is 8.83 Å². The summed E-state index contributed by atoms with van der Waals surface area (Å²) < 4.78 is 12.8. The third kappa shape index (κ3) is 2.69. The number of para-hydroxylation sites is 2. The minimum Gasteiger partial charge on any atom is -0.455 e. The summed E-state index contributed by atoms with van der Waals surface area (Å²) in [6, 6.07) is 18.6.